The van der Waals surface area contributed by atoms with Crippen molar-refractivity contribution in [3.05, 3.63) is 53.6 Å². The number of benzene rings is 2. The molecule has 0 saturated heterocycles. The Labute approximate surface area is 134 Å². The lowest BCUT2D eigenvalue weighted by molar-refractivity contribution is 0.0955. The largest absolute Gasteiger partial charge is 0.504 e. The van der Waals surface area contributed by atoms with Crippen molar-refractivity contribution < 1.29 is 19.4 Å². The van der Waals surface area contributed by atoms with Crippen LogP contribution in [0.4, 0.5) is 0 Å². The van der Waals surface area contributed by atoms with Gasteiger partial charge in [0.05, 0.1) is 19.9 Å². The topological polar surface area (TPSA) is 80.2 Å². The highest BCUT2D eigenvalue weighted by Gasteiger charge is 2.11. The second kappa shape index (κ2) is 7.31. The Balaban J connectivity index is 2.14. The molecular weight excluding hydrogens is 296 g/mol. The van der Waals surface area contributed by atoms with Crippen LogP contribution < -0.4 is 14.9 Å². The number of methoxy groups -OCH3 is 2. The van der Waals surface area contributed by atoms with Gasteiger partial charge < -0.3 is 14.6 Å². The van der Waals surface area contributed by atoms with Crippen molar-refractivity contribution >= 4 is 11.6 Å². The van der Waals surface area contributed by atoms with Gasteiger partial charge in [-0.25, -0.2) is 5.43 Å². The van der Waals surface area contributed by atoms with Crippen molar-refractivity contribution in [2.75, 3.05) is 14.2 Å². The molecule has 23 heavy (non-hydrogen) atoms. The molecule has 1 amide bonds. The number of phenolic OH excluding ortho intramolecular Hbond substituents is 1. The first kappa shape index (κ1) is 16.4. The quantitative estimate of drug-likeness (QED) is 0.656. The highest BCUT2D eigenvalue weighted by molar-refractivity contribution is 6.03. The van der Waals surface area contributed by atoms with Crippen molar-refractivity contribution in [1.29, 1.82) is 0 Å². The number of amides is 1. The van der Waals surface area contributed by atoms with Crippen molar-refractivity contribution in [1.82, 2.24) is 5.43 Å². The number of ether oxygens (including phenoxy) is 2. The van der Waals surface area contributed by atoms with E-state index in [0.717, 1.165) is 0 Å². The average Bonchev–Trinajstić information content (AvgIpc) is 2.59. The molecule has 2 aromatic rings. The normalized spacial score (nSPS) is 11.0. The molecule has 0 unspecified atom stereocenters. The van der Waals surface area contributed by atoms with Crippen LogP contribution in [0.15, 0.2) is 47.6 Å². The lowest BCUT2D eigenvalue weighted by atomic mass is 10.1. The summed E-state index contributed by atoms with van der Waals surface area (Å²) in [7, 11) is 3.03. The molecule has 0 aromatic heterocycles. The molecule has 0 saturated carbocycles. The number of hydrazone groups is 1. The van der Waals surface area contributed by atoms with Gasteiger partial charge in [0, 0.05) is 11.1 Å². The predicted octanol–water partition coefficient (Wildman–Crippen LogP) is 2.56. The van der Waals surface area contributed by atoms with Gasteiger partial charge in [-0.15, -0.1) is 0 Å². The van der Waals surface area contributed by atoms with Gasteiger partial charge in [-0.05, 0) is 43.3 Å². The van der Waals surface area contributed by atoms with Crippen LogP contribution in [0.2, 0.25) is 0 Å². The van der Waals surface area contributed by atoms with E-state index in [1.807, 2.05) is 0 Å². The van der Waals surface area contributed by atoms with E-state index in [0.29, 0.717) is 28.3 Å². The summed E-state index contributed by atoms with van der Waals surface area (Å²) in [6.45, 7) is 1.68. The van der Waals surface area contributed by atoms with Crippen LogP contribution in [-0.4, -0.2) is 30.9 Å². The van der Waals surface area contributed by atoms with Gasteiger partial charge in [0.25, 0.3) is 5.91 Å². The number of hydrogen-bond donors (Lipinski definition) is 2. The molecule has 6 heteroatoms. The van der Waals surface area contributed by atoms with Crippen LogP contribution in [0.1, 0.15) is 22.8 Å². The lowest BCUT2D eigenvalue weighted by Crippen LogP contribution is -2.19. The van der Waals surface area contributed by atoms with Crippen LogP contribution in [0.3, 0.4) is 0 Å². The van der Waals surface area contributed by atoms with Crippen LogP contribution in [-0.2, 0) is 0 Å². The van der Waals surface area contributed by atoms with Crippen molar-refractivity contribution in [3.63, 3.8) is 0 Å². The van der Waals surface area contributed by atoms with Crippen molar-refractivity contribution in [3.8, 4) is 17.2 Å². The van der Waals surface area contributed by atoms with E-state index in [9.17, 15) is 9.90 Å². The molecular formula is C17H18N2O4. The summed E-state index contributed by atoms with van der Waals surface area (Å²) in [6.07, 6.45) is 0. The Morgan fingerprint density at radius 2 is 1.78 bits per heavy atom. The maximum Gasteiger partial charge on any atom is 0.271 e. The van der Waals surface area contributed by atoms with Gasteiger partial charge in [-0.3, -0.25) is 4.79 Å². The van der Waals surface area contributed by atoms with Crippen LogP contribution in [0.25, 0.3) is 0 Å². The fourth-order valence-electron chi connectivity index (χ4n) is 1.98. The van der Waals surface area contributed by atoms with Crippen molar-refractivity contribution in [2.45, 2.75) is 6.92 Å². The summed E-state index contributed by atoms with van der Waals surface area (Å²) in [5.74, 6) is 0.644. The van der Waals surface area contributed by atoms with Gasteiger partial charge in [-0.1, -0.05) is 6.07 Å². The highest BCUT2D eigenvalue weighted by Crippen LogP contribution is 2.29. The number of hydrogen-bond acceptors (Lipinski definition) is 5. The average molecular weight is 314 g/mol. The van der Waals surface area contributed by atoms with Gasteiger partial charge in [0.2, 0.25) is 0 Å². The predicted molar refractivity (Wildman–Crippen MR) is 87.3 cm³/mol. The number of phenols is 1. The molecule has 0 aliphatic rings. The summed E-state index contributed by atoms with van der Waals surface area (Å²) in [4.78, 5) is 12.0. The number of aromatic hydroxyl groups is 1. The first-order chi connectivity index (χ1) is 11.1. The smallest absolute Gasteiger partial charge is 0.271 e. The molecule has 2 rings (SSSR count). The molecule has 0 aliphatic carbocycles. The Morgan fingerprint density at radius 1 is 1.09 bits per heavy atom. The highest BCUT2D eigenvalue weighted by atomic mass is 16.5. The fourth-order valence-corrected chi connectivity index (χ4v) is 1.98. The molecule has 0 heterocycles. The SMILES string of the molecule is COc1ccc(C(=O)N/N=C(\C)c2cccc(OC)c2O)cc1. The third-order valence-electron chi connectivity index (χ3n) is 3.29. The van der Waals surface area contributed by atoms with Crippen LogP contribution in [0.5, 0.6) is 17.2 Å². The number of carbonyl (C=O) groups excluding carboxylic acids is 1. The summed E-state index contributed by atoms with van der Waals surface area (Å²) >= 11 is 0. The molecule has 0 radical (unpaired) electrons. The van der Waals surface area contributed by atoms with Crippen LogP contribution >= 0.6 is 0 Å². The zero-order valence-corrected chi connectivity index (χ0v) is 13.2. The van der Waals surface area contributed by atoms with Crippen molar-refractivity contribution in [2.24, 2.45) is 5.10 Å². The van der Waals surface area contributed by atoms with Gasteiger partial charge >= 0.3 is 0 Å². The fraction of sp³-hybridized carbons (Fsp3) is 0.176. The second-order valence-corrected chi connectivity index (χ2v) is 4.72. The molecule has 6 nitrogen and oxygen atoms in total. The number of carbonyl (C=O) groups is 1. The van der Waals surface area contributed by atoms with E-state index in [1.165, 1.54) is 7.11 Å². The third-order valence-corrected chi connectivity index (χ3v) is 3.29. The van der Waals surface area contributed by atoms with E-state index in [4.69, 9.17) is 9.47 Å². The van der Waals surface area contributed by atoms with Crippen LogP contribution in [0, 0.1) is 0 Å². The first-order valence-electron chi connectivity index (χ1n) is 6.92. The first-order valence-corrected chi connectivity index (χ1v) is 6.92. The number of rotatable bonds is 5. The van der Waals surface area contributed by atoms with Gasteiger partial charge in [0.1, 0.15) is 5.75 Å². The molecule has 2 aromatic carbocycles. The number of para-hydroxylation sites is 1. The standard InChI is InChI=1S/C17H18N2O4/c1-11(14-5-4-6-15(23-3)16(14)20)18-19-17(21)12-7-9-13(22-2)10-8-12/h4-10,20H,1-3H3,(H,19,21)/b18-11+. The summed E-state index contributed by atoms with van der Waals surface area (Å²) in [5, 5.41) is 14.1. The van der Waals surface area contributed by atoms with E-state index < -0.39 is 0 Å². The molecule has 0 bridgehead atoms. The van der Waals surface area contributed by atoms with E-state index in [-0.39, 0.29) is 11.7 Å². The zero-order chi connectivity index (χ0) is 16.8. The molecule has 120 valence electrons. The minimum absolute atomic E-state index is 0.0186. The zero-order valence-electron chi connectivity index (χ0n) is 13.2. The molecule has 0 atom stereocenters. The Morgan fingerprint density at radius 3 is 2.39 bits per heavy atom. The molecule has 0 aliphatic heterocycles. The minimum Gasteiger partial charge on any atom is -0.504 e. The Hall–Kier alpha value is -3.02. The Bertz CT molecular complexity index is 724. The maximum atomic E-state index is 12.0. The summed E-state index contributed by atoms with van der Waals surface area (Å²) < 4.78 is 10.1. The number of nitrogens with one attached hydrogen (secondary N) is 1. The van der Waals surface area contributed by atoms with E-state index in [2.05, 4.69) is 10.5 Å². The molecule has 0 spiro atoms. The lowest BCUT2D eigenvalue weighted by Gasteiger charge is -2.08. The summed E-state index contributed by atoms with van der Waals surface area (Å²) in [5.41, 5.74) is 3.86. The van der Waals surface area contributed by atoms with E-state index >= 15 is 0 Å². The molecule has 2 N–H and O–H groups in total. The third kappa shape index (κ3) is 3.79. The van der Waals surface area contributed by atoms with Gasteiger partial charge in [0.15, 0.2) is 11.5 Å². The van der Waals surface area contributed by atoms with Gasteiger partial charge in [-0.2, -0.15) is 5.10 Å². The summed E-state index contributed by atoms with van der Waals surface area (Å²) in [6, 6.07) is 11.7. The van der Waals surface area contributed by atoms with E-state index in [1.54, 1.807) is 56.5 Å². The monoisotopic (exact) mass is 314 g/mol. The Kier molecular flexibility index (Phi) is 5.19. The maximum absolute atomic E-state index is 12.0. The second-order valence-electron chi connectivity index (χ2n) is 4.72. The number of nitrogens with zero attached hydrogens (tertiary/aromatic N) is 1. The minimum atomic E-state index is -0.352. The molecule has 0 fully saturated rings.